The van der Waals surface area contributed by atoms with Crippen LogP contribution in [0.2, 0.25) is 5.02 Å². The molecule has 2 aromatic carbocycles. The molecule has 4 heteroatoms. The van der Waals surface area contributed by atoms with Crippen molar-refractivity contribution in [3.8, 4) is 5.75 Å². The van der Waals surface area contributed by atoms with Gasteiger partial charge in [0.1, 0.15) is 5.75 Å². The van der Waals surface area contributed by atoms with Gasteiger partial charge in [-0.15, -0.1) is 0 Å². The molecule has 0 aliphatic heterocycles. The van der Waals surface area contributed by atoms with Crippen molar-refractivity contribution in [2.75, 3.05) is 18.5 Å². The molecule has 1 N–H and O–H groups in total. The van der Waals surface area contributed by atoms with Crippen molar-refractivity contribution in [2.24, 2.45) is 0 Å². The first-order valence-electron chi connectivity index (χ1n) is 6.88. The minimum absolute atomic E-state index is 0.0738. The second-order valence-electron chi connectivity index (χ2n) is 4.72. The summed E-state index contributed by atoms with van der Waals surface area (Å²) >= 11 is 5.81. The predicted molar refractivity (Wildman–Crippen MR) is 86.5 cm³/mol. The number of carbonyl (C=O) groups excluding carboxylic acids is 1. The third kappa shape index (κ3) is 5.12. The molecule has 2 rings (SSSR count). The van der Waals surface area contributed by atoms with E-state index in [4.69, 9.17) is 16.3 Å². The van der Waals surface area contributed by atoms with E-state index in [0.717, 1.165) is 30.0 Å². The van der Waals surface area contributed by atoms with E-state index in [9.17, 15) is 4.79 Å². The summed E-state index contributed by atoms with van der Waals surface area (Å²) in [6, 6.07) is 14.8. The number of hydrogen-bond donors (Lipinski definition) is 1. The zero-order valence-corrected chi connectivity index (χ0v) is 12.7. The van der Waals surface area contributed by atoms with Crippen LogP contribution in [0.1, 0.15) is 23.7 Å². The minimum atomic E-state index is 0.0738. The third-order valence-corrected chi connectivity index (χ3v) is 3.25. The standard InChI is InChI=1S/C17H18ClNO2/c1-13(20)14-4-2-5-16(12-14)19-10-3-11-21-17-8-6-15(18)7-9-17/h2,4-9,12,19H,3,10-11H2,1H3. The number of hydrogen-bond acceptors (Lipinski definition) is 3. The molecule has 0 saturated carbocycles. The quantitative estimate of drug-likeness (QED) is 0.607. The SMILES string of the molecule is CC(=O)c1cccc(NCCCOc2ccc(Cl)cc2)c1. The lowest BCUT2D eigenvalue weighted by atomic mass is 10.1. The Morgan fingerprint density at radius 3 is 2.67 bits per heavy atom. The van der Waals surface area contributed by atoms with E-state index < -0.39 is 0 Å². The van der Waals surface area contributed by atoms with Crippen molar-refractivity contribution in [3.05, 3.63) is 59.1 Å². The van der Waals surface area contributed by atoms with Gasteiger partial charge in [0, 0.05) is 22.8 Å². The molecule has 0 fully saturated rings. The average Bonchev–Trinajstić information content (AvgIpc) is 2.49. The highest BCUT2D eigenvalue weighted by atomic mass is 35.5. The molecule has 3 nitrogen and oxygen atoms in total. The monoisotopic (exact) mass is 303 g/mol. The molecule has 0 aromatic heterocycles. The van der Waals surface area contributed by atoms with Gasteiger partial charge in [0.25, 0.3) is 0 Å². The summed E-state index contributed by atoms with van der Waals surface area (Å²) in [6.45, 7) is 2.98. The van der Waals surface area contributed by atoms with E-state index in [1.807, 2.05) is 48.5 Å². The average molecular weight is 304 g/mol. The van der Waals surface area contributed by atoms with Gasteiger partial charge in [0.05, 0.1) is 6.61 Å². The second-order valence-corrected chi connectivity index (χ2v) is 5.16. The largest absolute Gasteiger partial charge is 0.494 e. The molecule has 2 aromatic rings. The van der Waals surface area contributed by atoms with Crippen molar-refractivity contribution >= 4 is 23.1 Å². The molecule has 0 unspecified atom stereocenters. The van der Waals surface area contributed by atoms with Crippen molar-refractivity contribution in [1.82, 2.24) is 0 Å². The van der Waals surface area contributed by atoms with Crippen molar-refractivity contribution < 1.29 is 9.53 Å². The highest BCUT2D eigenvalue weighted by Crippen LogP contribution is 2.15. The van der Waals surface area contributed by atoms with E-state index in [-0.39, 0.29) is 5.78 Å². The fourth-order valence-corrected chi connectivity index (χ4v) is 2.00. The fourth-order valence-electron chi connectivity index (χ4n) is 1.87. The lowest BCUT2D eigenvalue weighted by Crippen LogP contribution is -2.07. The lowest BCUT2D eigenvalue weighted by Gasteiger charge is -2.09. The molecule has 0 bridgehead atoms. The predicted octanol–water partition coefficient (Wildman–Crippen LogP) is 4.42. The van der Waals surface area contributed by atoms with E-state index in [1.165, 1.54) is 0 Å². The molecule has 0 atom stereocenters. The highest BCUT2D eigenvalue weighted by molar-refractivity contribution is 6.30. The number of carbonyl (C=O) groups is 1. The topological polar surface area (TPSA) is 38.3 Å². The smallest absolute Gasteiger partial charge is 0.159 e. The van der Waals surface area contributed by atoms with Gasteiger partial charge in [-0.2, -0.15) is 0 Å². The number of benzene rings is 2. The van der Waals surface area contributed by atoms with Crippen LogP contribution in [0.25, 0.3) is 0 Å². The summed E-state index contributed by atoms with van der Waals surface area (Å²) in [5.41, 5.74) is 1.67. The van der Waals surface area contributed by atoms with Crippen LogP contribution in [-0.4, -0.2) is 18.9 Å². The Labute approximate surface area is 129 Å². The summed E-state index contributed by atoms with van der Waals surface area (Å²) < 4.78 is 5.61. The Balaban J connectivity index is 1.71. The summed E-state index contributed by atoms with van der Waals surface area (Å²) in [6.07, 6.45) is 0.868. The number of halogens is 1. The van der Waals surface area contributed by atoms with E-state index in [0.29, 0.717) is 11.6 Å². The Morgan fingerprint density at radius 2 is 1.95 bits per heavy atom. The fraction of sp³-hybridized carbons (Fsp3) is 0.235. The van der Waals surface area contributed by atoms with Crippen LogP contribution < -0.4 is 10.1 Å². The van der Waals surface area contributed by atoms with Crippen LogP contribution in [0.5, 0.6) is 5.75 Å². The summed E-state index contributed by atoms with van der Waals surface area (Å²) in [5, 5.41) is 3.99. The van der Waals surface area contributed by atoms with Crippen molar-refractivity contribution in [1.29, 1.82) is 0 Å². The number of ether oxygens (including phenoxy) is 1. The van der Waals surface area contributed by atoms with Crippen LogP contribution in [0.4, 0.5) is 5.69 Å². The van der Waals surface area contributed by atoms with Crippen LogP contribution >= 0.6 is 11.6 Å². The molecule has 0 radical (unpaired) electrons. The highest BCUT2D eigenvalue weighted by Gasteiger charge is 2.00. The van der Waals surface area contributed by atoms with Gasteiger partial charge in [-0.25, -0.2) is 0 Å². The molecule has 0 spiro atoms. The minimum Gasteiger partial charge on any atom is -0.494 e. The van der Waals surface area contributed by atoms with Crippen LogP contribution in [0, 0.1) is 0 Å². The van der Waals surface area contributed by atoms with Gasteiger partial charge >= 0.3 is 0 Å². The molecule has 0 aliphatic rings. The molecule has 0 amide bonds. The van der Waals surface area contributed by atoms with E-state index in [1.54, 1.807) is 6.92 Å². The summed E-state index contributed by atoms with van der Waals surface area (Å²) in [7, 11) is 0. The maximum absolute atomic E-state index is 11.3. The number of nitrogens with one attached hydrogen (secondary N) is 1. The van der Waals surface area contributed by atoms with E-state index in [2.05, 4.69) is 5.32 Å². The summed E-state index contributed by atoms with van der Waals surface area (Å²) in [5.74, 6) is 0.891. The second kappa shape index (κ2) is 7.70. The first-order valence-corrected chi connectivity index (χ1v) is 7.26. The molecular formula is C17H18ClNO2. The van der Waals surface area contributed by atoms with Crippen molar-refractivity contribution in [3.63, 3.8) is 0 Å². The number of rotatable bonds is 7. The Hall–Kier alpha value is -2.00. The number of ketones is 1. The maximum Gasteiger partial charge on any atom is 0.159 e. The Morgan fingerprint density at radius 1 is 1.19 bits per heavy atom. The van der Waals surface area contributed by atoms with E-state index >= 15 is 0 Å². The van der Waals surface area contributed by atoms with Crippen LogP contribution in [0.15, 0.2) is 48.5 Å². The van der Waals surface area contributed by atoms with Gasteiger partial charge in [-0.3, -0.25) is 4.79 Å². The first-order chi connectivity index (χ1) is 10.1. The van der Waals surface area contributed by atoms with Gasteiger partial charge in [-0.05, 0) is 49.7 Å². The number of Topliss-reactive ketones (excluding diaryl/α,β-unsaturated/α-hetero) is 1. The maximum atomic E-state index is 11.3. The molecule has 110 valence electrons. The zero-order valence-electron chi connectivity index (χ0n) is 11.9. The van der Waals surface area contributed by atoms with Crippen LogP contribution in [-0.2, 0) is 0 Å². The molecular weight excluding hydrogens is 286 g/mol. The van der Waals surface area contributed by atoms with Crippen molar-refractivity contribution in [2.45, 2.75) is 13.3 Å². The molecule has 0 aliphatic carbocycles. The zero-order chi connectivity index (χ0) is 15.1. The van der Waals surface area contributed by atoms with Gasteiger partial charge in [-0.1, -0.05) is 23.7 Å². The van der Waals surface area contributed by atoms with Crippen LogP contribution in [0.3, 0.4) is 0 Å². The van der Waals surface area contributed by atoms with Gasteiger partial charge in [0.2, 0.25) is 0 Å². The third-order valence-electron chi connectivity index (χ3n) is 3.00. The Bertz CT molecular complexity index is 596. The van der Waals surface area contributed by atoms with Gasteiger partial charge in [0.15, 0.2) is 5.78 Å². The lowest BCUT2D eigenvalue weighted by molar-refractivity contribution is 0.101. The van der Waals surface area contributed by atoms with Gasteiger partial charge < -0.3 is 10.1 Å². The first kappa shape index (κ1) is 15.4. The molecule has 0 saturated heterocycles. The normalized spacial score (nSPS) is 10.2. The number of anilines is 1. The molecule has 0 heterocycles. The Kier molecular flexibility index (Phi) is 5.64. The molecule has 21 heavy (non-hydrogen) atoms. The summed E-state index contributed by atoms with van der Waals surface area (Å²) in [4.78, 5) is 11.3.